The molecule has 2 unspecified atom stereocenters. The Hall–Kier alpha value is -0.820. The zero-order valence-corrected chi connectivity index (χ0v) is 12.8. The van der Waals surface area contributed by atoms with E-state index in [2.05, 4.69) is 45.0 Å². The van der Waals surface area contributed by atoms with Crippen molar-refractivity contribution in [2.75, 3.05) is 0 Å². The Kier molecular flexibility index (Phi) is 4.67. The molecule has 0 saturated heterocycles. The second-order valence-electron chi connectivity index (χ2n) is 6.70. The minimum atomic E-state index is -0.0854. The molecule has 1 aliphatic rings. The number of hydrogen-bond donors (Lipinski definition) is 1. The number of nitrogens with two attached hydrogens (primary N) is 1. The van der Waals surface area contributed by atoms with Crippen LogP contribution in [0.15, 0.2) is 24.3 Å². The lowest BCUT2D eigenvalue weighted by atomic mass is 9.69. The summed E-state index contributed by atoms with van der Waals surface area (Å²) in [6, 6.07) is 9.08. The van der Waals surface area contributed by atoms with E-state index in [1.165, 1.54) is 36.8 Å². The average molecular weight is 259 g/mol. The highest BCUT2D eigenvalue weighted by molar-refractivity contribution is 5.29. The van der Waals surface area contributed by atoms with Gasteiger partial charge in [0.05, 0.1) is 0 Å². The fourth-order valence-corrected chi connectivity index (χ4v) is 3.47. The lowest BCUT2D eigenvalue weighted by Gasteiger charge is -2.40. The fourth-order valence-electron chi connectivity index (χ4n) is 3.47. The number of rotatable bonds is 4. The summed E-state index contributed by atoms with van der Waals surface area (Å²) in [7, 11) is 0. The first-order valence-corrected chi connectivity index (χ1v) is 7.93. The molecule has 1 aromatic carbocycles. The van der Waals surface area contributed by atoms with Crippen molar-refractivity contribution in [3.05, 3.63) is 35.4 Å². The van der Waals surface area contributed by atoms with E-state index in [1.54, 1.807) is 0 Å². The van der Waals surface area contributed by atoms with Gasteiger partial charge in [-0.1, -0.05) is 64.3 Å². The van der Waals surface area contributed by atoms with Gasteiger partial charge in [-0.25, -0.2) is 0 Å². The van der Waals surface area contributed by atoms with E-state index in [0.717, 1.165) is 24.7 Å². The molecule has 1 aliphatic carbocycles. The molecule has 1 aromatic rings. The van der Waals surface area contributed by atoms with Gasteiger partial charge in [-0.15, -0.1) is 0 Å². The number of aryl methyl sites for hydroxylation is 1. The van der Waals surface area contributed by atoms with Crippen LogP contribution < -0.4 is 5.73 Å². The van der Waals surface area contributed by atoms with Gasteiger partial charge < -0.3 is 5.73 Å². The SMILES string of the molecule is CCCc1ccc(C2(N)CCCC(C(C)C)C2)cc1. The summed E-state index contributed by atoms with van der Waals surface area (Å²) in [5, 5.41) is 0. The van der Waals surface area contributed by atoms with Crippen LogP contribution in [0, 0.1) is 11.8 Å². The lowest BCUT2D eigenvalue weighted by molar-refractivity contribution is 0.184. The maximum Gasteiger partial charge on any atom is 0.0412 e. The molecule has 2 N–H and O–H groups in total. The Labute approximate surface area is 118 Å². The fraction of sp³-hybridized carbons (Fsp3) is 0.667. The Morgan fingerprint density at radius 2 is 1.95 bits per heavy atom. The molecular weight excluding hydrogens is 230 g/mol. The van der Waals surface area contributed by atoms with Crippen molar-refractivity contribution in [2.24, 2.45) is 17.6 Å². The van der Waals surface area contributed by atoms with Gasteiger partial charge in [0.15, 0.2) is 0 Å². The summed E-state index contributed by atoms with van der Waals surface area (Å²) < 4.78 is 0. The van der Waals surface area contributed by atoms with Gasteiger partial charge in [0.25, 0.3) is 0 Å². The van der Waals surface area contributed by atoms with Gasteiger partial charge in [0, 0.05) is 5.54 Å². The maximum atomic E-state index is 6.73. The van der Waals surface area contributed by atoms with Crippen LogP contribution >= 0.6 is 0 Å². The standard InChI is InChI=1S/C18H29N/c1-4-6-15-8-10-17(11-9-15)18(19)12-5-7-16(13-18)14(2)3/h8-11,14,16H,4-7,12-13,19H2,1-3H3. The molecule has 1 nitrogen and oxygen atoms in total. The molecule has 0 aliphatic heterocycles. The van der Waals surface area contributed by atoms with Crippen molar-refractivity contribution in [3.63, 3.8) is 0 Å². The van der Waals surface area contributed by atoms with Crippen molar-refractivity contribution < 1.29 is 0 Å². The zero-order valence-electron chi connectivity index (χ0n) is 12.8. The van der Waals surface area contributed by atoms with E-state index < -0.39 is 0 Å². The van der Waals surface area contributed by atoms with Gasteiger partial charge >= 0.3 is 0 Å². The predicted molar refractivity (Wildman–Crippen MR) is 83.1 cm³/mol. The van der Waals surface area contributed by atoms with E-state index in [1.807, 2.05) is 0 Å². The third kappa shape index (κ3) is 3.39. The molecule has 0 radical (unpaired) electrons. The molecule has 1 fully saturated rings. The summed E-state index contributed by atoms with van der Waals surface area (Å²) in [5.41, 5.74) is 9.43. The normalized spacial score (nSPS) is 27.7. The van der Waals surface area contributed by atoms with Gasteiger partial charge in [-0.05, 0) is 42.2 Å². The van der Waals surface area contributed by atoms with Crippen LogP contribution in [0.25, 0.3) is 0 Å². The van der Waals surface area contributed by atoms with E-state index >= 15 is 0 Å². The third-order valence-electron chi connectivity index (χ3n) is 4.83. The minimum absolute atomic E-state index is 0.0854. The van der Waals surface area contributed by atoms with Crippen molar-refractivity contribution in [1.82, 2.24) is 0 Å². The molecule has 1 heteroatoms. The number of hydrogen-bond acceptors (Lipinski definition) is 1. The maximum absolute atomic E-state index is 6.73. The smallest absolute Gasteiger partial charge is 0.0412 e. The molecule has 0 heterocycles. The third-order valence-corrected chi connectivity index (χ3v) is 4.83. The quantitative estimate of drug-likeness (QED) is 0.837. The van der Waals surface area contributed by atoms with Crippen LogP contribution in [-0.2, 0) is 12.0 Å². The molecule has 0 aromatic heterocycles. The van der Waals surface area contributed by atoms with Gasteiger partial charge in [0.2, 0.25) is 0 Å². The summed E-state index contributed by atoms with van der Waals surface area (Å²) in [6.07, 6.45) is 7.30. The summed E-state index contributed by atoms with van der Waals surface area (Å²) in [5.74, 6) is 1.54. The van der Waals surface area contributed by atoms with Gasteiger partial charge in [-0.3, -0.25) is 0 Å². The Morgan fingerprint density at radius 3 is 2.53 bits per heavy atom. The molecule has 0 spiro atoms. The van der Waals surface area contributed by atoms with Crippen molar-refractivity contribution in [1.29, 1.82) is 0 Å². The number of benzene rings is 1. The highest BCUT2D eigenvalue weighted by Crippen LogP contribution is 2.40. The average Bonchev–Trinajstić information content (AvgIpc) is 2.40. The lowest BCUT2D eigenvalue weighted by Crippen LogP contribution is -2.42. The van der Waals surface area contributed by atoms with Crippen LogP contribution in [-0.4, -0.2) is 0 Å². The first-order valence-electron chi connectivity index (χ1n) is 7.93. The summed E-state index contributed by atoms with van der Waals surface area (Å²) in [4.78, 5) is 0. The molecule has 2 rings (SSSR count). The molecule has 106 valence electrons. The van der Waals surface area contributed by atoms with Crippen LogP contribution in [0.4, 0.5) is 0 Å². The van der Waals surface area contributed by atoms with E-state index in [-0.39, 0.29) is 5.54 Å². The van der Waals surface area contributed by atoms with E-state index in [0.29, 0.717) is 0 Å². The van der Waals surface area contributed by atoms with Crippen LogP contribution in [0.2, 0.25) is 0 Å². The Bertz CT molecular complexity index is 393. The largest absolute Gasteiger partial charge is 0.321 e. The second kappa shape index (κ2) is 6.09. The molecular formula is C18H29N. The minimum Gasteiger partial charge on any atom is -0.321 e. The van der Waals surface area contributed by atoms with E-state index in [4.69, 9.17) is 5.73 Å². The van der Waals surface area contributed by atoms with Crippen LogP contribution in [0.5, 0.6) is 0 Å². The van der Waals surface area contributed by atoms with Gasteiger partial charge in [0.1, 0.15) is 0 Å². The topological polar surface area (TPSA) is 26.0 Å². The van der Waals surface area contributed by atoms with E-state index in [9.17, 15) is 0 Å². The van der Waals surface area contributed by atoms with Crippen molar-refractivity contribution in [3.8, 4) is 0 Å². The zero-order chi connectivity index (χ0) is 13.9. The monoisotopic (exact) mass is 259 g/mol. The summed E-state index contributed by atoms with van der Waals surface area (Å²) >= 11 is 0. The molecule has 2 atom stereocenters. The highest BCUT2D eigenvalue weighted by Gasteiger charge is 2.35. The van der Waals surface area contributed by atoms with Gasteiger partial charge in [-0.2, -0.15) is 0 Å². The van der Waals surface area contributed by atoms with Crippen molar-refractivity contribution in [2.45, 2.75) is 64.8 Å². The summed E-state index contributed by atoms with van der Waals surface area (Å²) in [6.45, 7) is 6.90. The first-order chi connectivity index (χ1) is 9.05. The predicted octanol–water partition coefficient (Wildman–Crippen LogP) is 4.64. The second-order valence-corrected chi connectivity index (χ2v) is 6.70. The van der Waals surface area contributed by atoms with Crippen LogP contribution in [0.1, 0.15) is 64.0 Å². The molecule has 0 bridgehead atoms. The molecule has 1 saturated carbocycles. The Morgan fingerprint density at radius 1 is 1.26 bits per heavy atom. The molecule has 0 amide bonds. The molecule has 19 heavy (non-hydrogen) atoms. The highest BCUT2D eigenvalue weighted by atomic mass is 14.8. The first kappa shape index (κ1) is 14.6. The Balaban J connectivity index is 2.14. The van der Waals surface area contributed by atoms with Crippen LogP contribution in [0.3, 0.4) is 0 Å². The van der Waals surface area contributed by atoms with Crippen molar-refractivity contribution >= 4 is 0 Å².